The summed E-state index contributed by atoms with van der Waals surface area (Å²) in [6, 6.07) is 2.30. The zero-order valence-corrected chi connectivity index (χ0v) is 17.8. The van der Waals surface area contributed by atoms with E-state index in [9.17, 15) is 9.59 Å². The maximum absolute atomic E-state index is 9.55. The number of ether oxygens (including phenoxy) is 2. The van der Waals surface area contributed by atoms with Gasteiger partial charge in [0.05, 0.1) is 18.8 Å². The normalized spacial score (nSPS) is 15.3. The van der Waals surface area contributed by atoms with E-state index in [2.05, 4.69) is 30.1 Å². The molecule has 0 amide bonds. The molecule has 30 heavy (non-hydrogen) atoms. The van der Waals surface area contributed by atoms with Crippen molar-refractivity contribution in [2.45, 2.75) is 33.1 Å². The number of carbonyl (C=O) groups is 2. The molecule has 1 aromatic rings. The molecule has 166 valence electrons. The van der Waals surface area contributed by atoms with Crippen LogP contribution in [-0.4, -0.2) is 68.2 Å². The van der Waals surface area contributed by atoms with E-state index < -0.39 is 11.9 Å². The molecule has 0 spiro atoms. The number of benzene rings is 1. The summed E-state index contributed by atoms with van der Waals surface area (Å²) in [5, 5.41) is 19.1. The van der Waals surface area contributed by atoms with Gasteiger partial charge in [-0.15, -0.1) is 0 Å². The molecular formula is C22H32N2O6. The summed E-state index contributed by atoms with van der Waals surface area (Å²) in [7, 11) is 0. The molecular weight excluding hydrogens is 388 g/mol. The number of anilines is 1. The number of rotatable bonds is 7. The summed E-state index contributed by atoms with van der Waals surface area (Å²) in [5.41, 5.74) is 5.85. The zero-order valence-electron chi connectivity index (χ0n) is 17.8. The first-order chi connectivity index (χ1) is 14.5. The van der Waals surface area contributed by atoms with Crippen molar-refractivity contribution >= 4 is 17.6 Å². The number of carboxylic acids is 2. The second kappa shape index (κ2) is 12.2. The second-order valence-electron chi connectivity index (χ2n) is 6.99. The van der Waals surface area contributed by atoms with Crippen LogP contribution in [0.25, 0.3) is 0 Å². The molecule has 8 nitrogen and oxygen atoms in total. The number of aliphatic carboxylic acids is 2. The van der Waals surface area contributed by atoms with Gasteiger partial charge in [-0.1, -0.05) is 6.92 Å². The summed E-state index contributed by atoms with van der Waals surface area (Å²) < 4.78 is 11.6. The van der Waals surface area contributed by atoms with E-state index in [1.807, 2.05) is 0 Å². The Bertz CT molecular complexity index is 746. The lowest BCUT2D eigenvalue weighted by Gasteiger charge is -2.34. The Hall–Kier alpha value is -2.58. The monoisotopic (exact) mass is 420 g/mol. The van der Waals surface area contributed by atoms with Crippen LogP contribution in [0.15, 0.2) is 18.2 Å². The number of hydrogen-bond donors (Lipinski definition) is 3. The Morgan fingerprint density at radius 3 is 2.53 bits per heavy atom. The first kappa shape index (κ1) is 23.7. The van der Waals surface area contributed by atoms with Gasteiger partial charge in [0.2, 0.25) is 0 Å². The van der Waals surface area contributed by atoms with Crippen LogP contribution in [-0.2, 0) is 33.6 Å². The van der Waals surface area contributed by atoms with Gasteiger partial charge in [-0.05, 0) is 62.0 Å². The minimum absolute atomic E-state index is 0.558. The summed E-state index contributed by atoms with van der Waals surface area (Å²) >= 11 is 0. The van der Waals surface area contributed by atoms with Crippen molar-refractivity contribution in [3.8, 4) is 5.75 Å². The topological polar surface area (TPSA) is 108 Å². The van der Waals surface area contributed by atoms with E-state index in [1.54, 1.807) is 5.56 Å². The fraction of sp³-hybridized carbons (Fsp3) is 0.545. The van der Waals surface area contributed by atoms with E-state index in [0.717, 1.165) is 71.0 Å². The summed E-state index contributed by atoms with van der Waals surface area (Å²) in [6.45, 7) is 10.7. The van der Waals surface area contributed by atoms with Crippen LogP contribution in [0, 0.1) is 0 Å². The molecule has 1 aromatic carbocycles. The first-order valence-electron chi connectivity index (χ1n) is 10.5. The van der Waals surface area contributed by atoms with Crippen LogP contribution in [0.1, 0.15) is 30.5 Å². The maximum atomic E-state index is 9.55. The molecule has 0 bridgehead atoms. The predicted octanol–water partition coefficient (Wildman–Crippen LogP) is 1.88. The highest BCUT2D eigenvalue weighted by Crippen LogP contribution is 2.40. The number of carboxylic acid groups (broad SMARTS) is 2. The lowest BCUT2D eigenvalue weighted by molar-refractivity contribution is -0.134. The van der Waals surface area contributed by atoms with Crippen molar-refractivity contribution in [1.82, 2.24) is 5.32 Å². The van der Waals surface area contributed by atoms with Gasteiger partial charge in [-0.3, -0.25) is 0 Å². The molecule has 0 saturated heterocycles. The molecule has 0 atom stereocenters. The summed E-state index contributed by atoms with van der Waals surface area (Å²) in [4.78, 5) is 21.6. The minimum atomic E-state index is -1.26. The van der Waals surface area contributed by atoms with Crippen LogP contribution in [0.3, 0.4) is 0 Å². The SMILES string of the molecule is CCOCCN1CCOc2cc3c(c(CC)c21)CCNCC3.O=C(O)/C=C/C(=O)O. The van der Waals surface area contributed by atoms with E-state index in [-0.39, 0.29) is 0 Å². The molecule has 0 saturated carbocycles. The molecule has 2 heterocycles. The average molecular weight is 421 g/mol. The Labute approximate surface area is 177 Å². The van der Waals surface area contributed by atoms with Gasteiger partial charge in [0.15, 0.2) is 0 Å². The highest BCUT2D eigenvalue weighted by atomic mass is 16.5. The number of nitrogens with one attached hydrogen (secondary N) is 1. The molecule has 0 radical (unpaired) electrons. The van der Waals surface area contributed by atoms with Gasteiger partial charge in [-0.25, -0.2) is 9.59 Å². The van der Waals surface area contributed by atoms with Crippen molar-refractivity contribution in [3.05, 3.63) is 34.9 Å². The molecule has 2 aliphatic heterocycles. The fourth-order valence-corrected chi connectivity index (χ4v) is 3.80. The fourth-order valence-electron chi connectivity index (χ4n) is 3.80. The smallest absolute Gasteiger partial charge is 0.328 e. The van der Waals surface area contributed by atoms with Crippen LogP contribution in [0.2, 0.25) is 0 Å². The lowest BCUT2D eigenvalue weighted by atomic mass is 9.92. The second-order valence-corrected chi connectivity index (χ2v) is 6.99. The maximum Gasteiger partial charge on any atom is 0.328 e. The molecule has 0 unspecified atom stereocenters. The van der Waals surface area contributed by atoms with E-state index >= 15 is 0 Å². The molecule has 8 heteroatoms. The van der Waals surface area contributed by atoms with E-state index in [1.165, 1.54) is 16.8 Å². The lowest BCUT2D eigenvalue weighted by Crippen LogP contribution is -2.36. The Kier molecular flexibility index (Phi) is 9.63. The average Bonchev–Trinajstić information content (AvgIpc) is 2.96. The molecule has 0 fully saturated rings. The van der Waals surface area contributed by atoms with Crippen LogP contribution >= 0.6 is 0 Å². The van der Waals surface area contributed by atoms with Crippen LogP contribution in [0.4, 0.5) is 5.69 Å². The van der Waals surface area contributed by atoms with Gasteiger partial charge in [0.25, 0.3) is 0 Å². The van der Waals surface area contributed by atoms with E-state index in [0.29, 0.717) is 12.2 Å². The van der Waals surface area contributed by atoms with Gasteiger partial charge in [-0.2, -0.15) is 0 Å². The van der Waals surface area contributed by atoms with Crippen molar-refractivity contribution in [1.29, 1.82) is 0 Å². The minimum Gasteiger partial charge on any atom is -0.490 e. The van der Waals surface area contributed by atoms with Gasteiger partial charge in [0.1, 0.15) is 12.4 Å². The number of nitrogens with zero attached hydrogens (tertiary/aromatic N) is 1. The summed E-state index contributed by atoms with van der Waals surface area (Å²) in [6.07, 6.45) is 4.42. The van der Waals surface area contributed by atoms with Crippen molar-refractivity contribution < 1.29 is 29.3 Å². The van der Waals surface area contributed by atoms with Gasteiger partial charge < -0.3 is 29.9 Å². The third kappa shape index (κ3) is 6.74. The number of hydrogen-bond acceptors (Lipinski definition) is 6. The molecule has 3 rings (SSSR count). The molecule has 2 aliphatic rings. The molecule has 3 N–H and O–H groups in total. The predicted molar refractivity (Wildman–Crippen MR) is 115 cm³/mol. The quantitative estimate of drug-likeness (QED) is 0.453. The third-order valence-corrected chi connectivity index (χ3v) is 5.07. The Morgan fingerprint density at radius 1 is 1.20 bits per heavy atom. The van der Waals surface area contributed by atoms with Gasteiger partial charge in [0, 0.05) is 25.3 Å². The first-order valence-corrected chi connectivity index (χ1v) is 10.5. The standard InChI is InChI=1S/C18H28N2O2.C4H4O4/c1-3-15-16-6-8-19-7-5-14(16)13-17-18(15)20(10-12-22-17)9-11-21-4-2;5-3(6)1-2-4(7)8/h13,19H,3-12H2,1-2H3;1-2H,(H,5,6)(H,7,8)/b;2-1+. The zero-order chi connectivity index (χ0) is 21.9. The van der Waals surface area contributed by atoms with Crippen LogP contribution in [0.5, 0.6) is 5.75 Å². The van der Waals surface area contributed by atoms with Crippen molar-refractivity contribution in [2.75, 3.05) is 50.9 Å². The Morgan fingerprint density at radius 2 is 1.90 bits per heavy atom. The largest absolute Gasteiger partial charge is 0.490 e. The van der Waals surface area contributed by atoms with Crippen LogP contribution < -0.4 is 15.0 Å². The van der Waals surface area contributed by atoms with Gasteiger partial charge >= 0.3 is 11.9 Å². The highest BCUT2D eigenvalue weighted by molar-refractivity contribution is 5.89. The molecule has 0 aliphatic carbocycles. The third-order valence-electron chi connectivity index (χ3n) is 5.07. The molecule has 0 aromatic heterocycles. The van der Waals surface area contributed by atoms with Crippen molar-refractivity contribution in [2.24, 2.45) is 0 Å². The summed E-state index contributed by atoms with van der Waals surface area (Å²) in [5.74, 6) is -1.43. The highest BCUT2D eigenvalue weighted by Gasteiger charge is 2.25. The number of fused-ring (bicyclic) bond motifs is 2. The van der Waals surface area contributed by atoms with Crippen molar-refractivity contribution in [3.63, 3.8) is 0 Å². The Balaban J connectivity index is 0.000000343. The van der Waals surface area contributed by atoms with E-state index in [4.69, 9.17) is 19.7 Å².